The Labute approximate surface area is 202 Å². The number of imide groups is 1. The Bertz CT molecular complexity index is 1180. The molecular weight excluding hydrogens is 450 g/mol. The molecule has 8 heteroatoms. The van der Waals surface area contributed by atoms with Crippen molar-refractivity contribution < 1.29 is 33.4 Å². The fraction of sp³-hybridized carbons (Fsp3) is 0.296. The van der Waals surface area contributed by atoms with Crippen LogP contribution in [0.25, 0.3) is 0 Å². The number of carbonyl (C=O) groups excluding carboxylic acids is 5. The van der Waals surface area contributed by atoms with Crippen molar-refractivity contribution in [3.8, 4) is 5.75 Å². The third-order valence-corrected chi connectivity index (χ3v) is 6.21. The lowest BCUT2D eigenvalue weighted by molar-refractivity contribution is -0.145. The van der Waals surface area contributed by atoms with E-state index in [0.717, 1.165) is 10.5 Å². The fourth-order valence-corrected chi connectivity index (χ4v) is 4.28. The first kappa shape index (κ1) is 24.1. The summed E-state index contributed by atoms with van der Waals surface area (Å²) in [5.41, 5.74) is 1.78. The molecule has 0 bridgehead atoms. The number of amides is 2. The maximum atomic E-state index is 12.6. The van der Waals surface area contributed by atoms with Crippen molar-refractivity contribution in [3.05, 3.63) is 77.4 Å². The first-order valence-electron chi connectivity index (χ1n) is 11.4. The summed E-state index contributed by atoms with van der Waals surface area (Å²) in [6, 6.07) is 14.4. The van der Waals surface area contributed by atoms with Crippen LogP contribution in [0.5, 0.6) is 5.75 Å². The number of ketones is 1. The molecule has 2 aromatic carbocycles. The molecule has 35 heavy (non-hydrogen) atoms. The average Bonchev–Trinajstić information content (AvgIpc) is 3.10. The van der Waals surface area contributed by atoms with E-state index in [0.29, 0.717) is 18.4 Å². The van der Waals surface area contributed by atoms with Gasteiger partial charge in [0.05, 0.1) is 23.8 Å². The van der Waals surface area contributed by atoms with Crippen molar-refractivity contribution in [1.82, 2.24) is 4.90 Å². The fourth-order valence-electron chi connectivity index (χ4n) is 4.28. The second-order valence-corrected chi connectivity index (χ2v) is 8.65. The van der Waals surface area contributed by atoms with Crippen LogP contribution < -0.4 is 4.74 Å². The van der Waals surface area contributed by atoms with E-state index in [1.807, 2.05) is 13.0 Å². The Kier molecular flexibility index (Phi) is 7.19. The molecule has 1 heterocycles. The number of allylic oxidation sites excluding steroid dienone is 2. The van der Waals surface area contributed by atoms with E-state index in [9.17, 15) is 24.0 Å². The van der Waals surface area contributed by atoms with Crippen LogP contribution in [0.1, 0.15) is 46.9 Å². The van der Waals surface area contributed by atoms with Crippen LogP contribution in [0.2, 0.25) is 0 Å². The van der Waals surface area contributed by atoms with Crippen LogP contribution in [-0.4, -0.2) is 47.6 Å². The lowest BCUT2D eigenvalue weighted by Crippen LogP contribution is -2.33. The van der Waals surface area contributed by atoms with Gasteiger partial charge < -0.3 is 9.47 Å². The van der Waals surface area contributed by atoms with Gasteiger partial charge in [0.2, 0.25) is 11.8 Å². The average molecular weight is 475 g/mol. The van der Waals surface area contributed by atoms with Crippen LogP contribution >= 0.6 is 0 Å². The molecular formula is C27H25NO7. The van der Waals surface area contributed by atoms with E-state index >= 15 is 0 Å². The predicted molar refractivity (Wildman–Crippen MR) is 124 cm³/mol. The Hall–Kier alpha value is -4.07. The van der Waals surface area contributed by atoms with Gasteiger partial charge in [-0.05, 0) is 56.2 Å². The SMILES string of the molecule is CC1=CCC2C(=O)N(CCC(=O)OCC(=O)c3ccc(OC(=O)c4ccccc4)cc3)C(=O)C2C1. The molecule has 1 saturated heterocycles. The molecule has 4 rings (SSSR count). The van der Waals surface area contributed by atoms with E-state index in [2.05, 4.69) is 0 Å². The van der Waals surface area contributed by atoms with Gasteiger partial charge in [-0.1, -0.05) is 29.8 Å². The summed E-state index contributed by atoms with van der Waals surface area (Å²) in [6.45, 7) is 1.41. The van der Waals surface area contributed by atoms with Gasteiger partial charge in [0.1, 0.15) is 5.75 Å². The number of nitrogens with zero attached hydrogens (tertiary/aromatic N) is 1. The third-order valence-electron chi connectivity index (χ3n) is 6.21. The normalized spacial score (nSPS) is 19.1. The van der Waals surface area contributed by atoms with E-state index in [-0.39, 0.29) is 47.9 Å². The number of ether oxygens (including phenoxy) is 2. The zero-order valence-corrected chi connectivity index (χ0v) is 19.3. The van der Waals surface area contributed by atoms with Crippen LogP contribution in [0.15, 0.2) is 66.2 Å². The van der Waals surface area contributed by atoms with Crippen LogP contribution in [0.4, 0.5) is 0 Å². The van der Waals surface area contributed by atoms with Crippen LogP contribution in [0.3, 0.4) is 0 Å². The van der Waals surface area contributed by atoms with Crippen molar-refractivity contribution in [2.45, 2.75) is 26.2 Å². The lowest BCUT2D eigenvalue weighted by atomic mass is 9.82. The molecule has 0 N–H and O–H groups in total. The molecule has 2 atom stereocenters. The van der Waals surface area contributed by atoms with Crippen molar-refractivity contribution >= 4 is 29.5 Å². The second kappa shape index (κ2) is 10.5. The second-order valence-electron chi connectivity index (χ2n) is 8.65. The lowest BCUT2D eigenvalue weighted by Gasteiger charge is -2.19. The van der Waals surface area contributed by atoms with Gasteiger partial charge in [0.25, 0.3) is 0 Å². The summed E-state index contributed by atoms with van der Waals surface area (Å²) in [5, 5.41) is 0. The molecule has 180 valence electrons. The zero-order valence-electron chi connectivity index (χ0n) is 19.3. The number of benzene rings is 2. The monoisotopic (exact) mass is 475 g/mol. The summed E-state index contributed by atoms with van der Waals surface area (Å²) in [5.74, 6) is -2.53. The molecule has 2 amide bonds. The van der Waals surface area contributed by atoms with Crippen molar-refractivity contribution in [2.75, 3.05) is 13.2 Å². The van der Waals surface area contributed by atoms with Crippen LogP contribution in [-0.2, 0) is 19.1 Å². The van der Waals surface area contributed by atoms with Crippen LogP contribution in [0, 0.1) is 11.8 Å². The molecule has 0 radical (unpaired) electrons. The van der Waals surface area contributed by atoms with E-state index in [4.69, 9.17) is 9.47 Å². The van der Waals surface area contributed by atoms with Gasteiger partial charge >= 0.3 is 11.9 Å². The van der Waals surface area contributed by atoms with Gasteiger partial charge in [-0.2, -0.15) is 0 Å². The van der Waals surface area contributed by atoms with Gasteiger partial charge in [-0.3, -0.25) is 24.1 Å². The van der Waals surface area contributed by atoms with Gasteiger partial charge in [0.15, 0.2) is 12.4 Å². The van der Waals surface area contributed by atoms with Gasteiger partial charge in [0, 0.05) is 12.1 Å². The standard InChI is InChI=1S/C27H25NO7/c1-17-7-12-21-22(15-17)26(32)28(25(21)31)14-13-24(30)34-16-23(29)18-8-10-20(11-9-18)35-27(33)19-5-3-2-4-6-19/h2-11,21-22H,12-16H2,1H3. The first-order chi connectivity index (χ1) is 16.8. The molecule has 8 nitrogen and oxygen atoms in total. The number of esters is 2. The highest BCUT2D eigenvalue weighted by molar-refractivity contribution is 6.05. The highest BCUT2D eigenvalue weighted by Crippen LogP contribution is 2.37. The number of rotatable bonds is 8. The topological polar surface area (TPSA) is 107 Å². The first-order valence-corrected chi connectivity index (χ1v) is 11.4. The summed E-state index contributed by atoms with van der Waals surface area (Å²) >= 11 is 0. The van der Waals surface area contributed by atoms with Crippen molar-refractivity contribution in [2.24, 2.45) is 11.8 Å². The molecule has 0 aromatic heterocycles. The molecule has 2 aliphatic rings. The Morgan fingerprint density at radius 2 is 1.60 bits per heavy atom. The number of hydrogen-bond donors (Lipinski definition) is 0. The highest BCUT2D eigenvalue weighted by Gasteiger charge is 2.47. The maximum Gasteiger partial charge on any atom is 0.343 e. The number of likely N-dealkylation sites (tertiary alicyclic amines) is 1. The molecule has 2 aromatic rings. The van der Waals surface area contributed by atoms with E-state index < -0.39 is 24.3 Å². The van der Waals surface area contributed by atoms with Crippen molar-refractivity contribution in [3.63, 3.8) is 0 Å². The van der Waals surface area contributed by atoms with Gasteiger partial charge in [-0.15, -0.1) is 0 Å². The molecule has 1 aliphatic heterocycles. The van der Waals surface area contributed by atoms with E-state index in [1.54, 1.807) is 30.3 Å². The molecule has 1 fully saturated rings. The smallest absolute Gasteiger partial charge is 0.343 e. The summed E-state index contributed by atoms with van der Waals surface area (Å²) in [4.78, 5) is 62.8. The summed E-state index contributed by atoms with van der Waals surface area (Å²) in [6.07, 6.45) is 2.91. The Morgan fingerprint density at radius 3 is 2.31 bits per heavy atom. The van der Waals surface area contributed by atoms with Crippen molar-refractivity contribution in [1.29, 1.82) is 0 Å². The minimum absolute atomic E-state index is 0.0573. The predicted octanol–water partition coefficient (Wildman–Crippen LogP) is 3.36. The maximum absolute atomic E-state index is 12.6. The Balaban J connectivity index is 1.23. The number of hydrogen-bond acceptors (Lipinski definition) is 7. The van der Waals surface area contributed by atoms with Gasteiger partial charge in [-0.25, -0.2) is 4.79 Å². The third kappa shape index (κ3) is 5.54. The van der Waals surface area contributed by atoms with E-state index in [1.165, 1.54) is 24.3 Å². The molecule has 1 aliphatic carbocycles. The summed E-state index contributed by atoms with van der Waals surface area (Å²) < 4.78 is 10.3. The summed E-state index contributed by atoms with van der Waals surface area (Å²) in [7, 11) is 0. The minimum Gasteiger partial charge on any atom is -0.457 e. The molecule has 2 unspecified atom stereocenters. The zero-order chi connectivity index (χ0) is 24.9. The quantitative estimate of drug-likeness (QED) is 0.189. The largest absolute Gasteiger partial charge is 0.457 e. The minimum atomic E-state index is -0.670. The number of carbonyl (C=O) groups is 5. The highest BCUT2D eigenvalue weighted by atomic mass is 16.5. The molecule has 0 spiro atoms. The number of Topliss-reactive ketones (excluding diaryl/α,β-unsaturated/α-hetero) is 1. The number of fused-ring (bicyclic) bond motifs is 1. The Morgan fingerprint density at radius 1 is 0.914 bits per heavy atom. The molecule has 0 saturated carbocycles.